The van der Waals surface area contributed by atoms with E-state index in [1.165, 1.54) is 19.2 Å². The van der Waals surface area contributed by atoms with E-state index in [0.717, 1.165) is 12.1 Å². The molecule has 0 aliphatic heterocycles. The smallest absolute Gasteiger partial charge is 0.406 e. The van der Waals surface area contributed by atoms with E-state index in [0.29, 0.717) is 12.0 Å². The van der Waals surface area contributed by atoms with Crippen molar-refractivity contribution >= 4 is 11.8 Å². The molecule has 134 valence electrons. The van der Waals surface area contributed by atoms with Gasteiger partial charge < -0.3 is 15.4 Å². The predicted molar refractivity (Wildman–Crippen MR) is 82.3 cm³/mol. The summed E-state index contributed by atoms with van der Waals surface area (Å²) < 4.78 is 40.0. The first-order valence-corrected chi connectivity index (χ1v) is 7.46. The van der Waals surface area contributed by atoms with E-state index in [1.807, 2.05) is 13.8 Å². The second-order valence-corrected chi connectivity index (χ2v) is 5.73. The SMILES string of the molecule is CNC(=O)C(CC(C)C)NC(=O)Cc1ccc(OC(F)(F)F)cc1. The molecule has 0 aliphatic rings. The molecule has 0 bridgehead atoms. The van der Waals surface area contributed by atoms with Crippen LogP contribution in [0.4, 0.5) is 13.2 Å². The highest BCUT2D eigenvalue weighted by Gasteiger charge is 2.31. The second-order valence-electron chi connectivity index (χ2n) is 5.73. The van der Waals surface area contributed by atoms with Crippen LogP contribution in [-0.2, 0) is 16.0 Å². The highest BCUT2D eigenvalue weighted by Crippen LogP contribution is 2.22. The van der Waals surface area contributed by atoms with Gasteiger partial charge in [0.15, 0.2) is 0 Å². The van der Waals surface area contributed by atoms with Gasteiger partial charge in [-0.3, -0.25) is 9.59 Å². The number of likely N-dealkylation sites (N-methyl/N-ethyl adjacent to an activating group) is 1. The highest BCUT2D eigenvalue weighted by atomic mass is 19.4. The second kappa shape index (κ2) is 8.56. The largest absolute Gasteiger partial charge is 0.573 e. The molecule has 0 aliphatic carbocycles. The van der Waals surface area contributed by atoms with Crippen LogP contribution in [0.2, 0.25) is 0 Å². The number of nitrogens with one attached hydrogen (secondary N) is 2. The van der Waals surface area contributed by atoms with E-state index >= 15 is 0 Å². The summed E-state index contributed by atoms with van der Waals surface area (Å²) in [6, 6.07) is 4.38. The summed E-state index contributed by atoms with van der Waals surface area (Å²) in [5.41, 5.74) is 0.516. The summed E-state index contributed by atoms with van der Waals surface area (Å²) in [5, 5.41) is 5.13. The fourth-order valence-corrected chi connectivity index (χ4v) is 2.12. The van der Waals surface area contributed by atoms with E-state index in [2.05, 4.69) is 15.4 Å². The van der Waals surface area contributed by atoms with Crippen LogP contribution in [0.3, 0.4) is 0 Å². The van der Waals surface area contributed by atoms with E-state index in [1.54, 1.807) is 0 Å². The van der Waals surface area contributed by atoms with Gasteiger partial charge in [-0.1, -0.05) is 26.0 Å². The first kappa shape index (κ1) is 19.8. The molecule has 1 unspecified atom stereocenters. The van der Waals surface area contributed by atoms with Gasteiger partial charge >= 0.3 is 6.36 Å². The number of carbonyl (C=O) groups is 2. The van der Waals surface area contributed by atoms with Gasteiger partial charge in [-0.15, -0.1) is 13.2 Å². The molecule has 0 spiro atoms. The normalized spacial score (nSPS) is 12.6. The first-order valence-electron chi connectivity index (χ1n) is 7.46. The fraction of sp³-hybridized carbons (Fsp3) is 0.500. The monoisotopic (exact) mass is 346 g/mol. The van der Waals surface area contributed by atoms with Crippen LogP contribution in [0.5, 0.6) is 5.75 Å². The Morgan fingerprint density at radius 2 is 1.75 bits per heavy atom. The van der Waals surface area contributed by atoms with E-state index < -0.39 is 12.4 Å². The van der Waals surface area contributed by atoms with Crippen LogP contribution in [0.1, 0.15) is 25.8 Å². The summed E-state index contributed by atoms with van der Waals surface area (Å²) in [5.74, 6) is -0.805. The number of carbonyl (C=O) groups excluding carboxylic acids is 2. The zero-order valence-corrected chi connectivity index (χ0v) is 13.7. The quantitative estimate of drug-likeness (QED) is 0.797. The molecule has 0 saturated heterocycles. The molecule has 2 amide bonds. The molecule has 0 radical (unpaired) electrons. The molecule has 5 nitrogen and oxygen atoms in total. The van der Waals surface area contributed by atoms with Gasteiger partial charge in [0.05, 0.1) is 6.42 Å². The Kier molecular flexibility index (Phi) is 7.06. The van der Waals surface area contributed by atoms with Crippen molar-refractivity contribution in [3.8, 4) is 5.75 Å². The Balaban J connectivity index is 2.64. The number of rotatable bonds is 7. The molecule has 24 heavy (non-hydrogen) atoms. The van der Waals surface area contributed by atoms with Gasteiger partial charge in [-0.25, -0.2) is 0 Å². The first-order chi connectivity index (χ1) is 11.1. The summed E-state index contributed by atoms with van der Waals surface area (Å²) in [7, 11) is 1.49. The van der Waals surface area contributed by atoms with Crippen LogP contribution in [0, 0.1) is 5.92 Å². The van der Waals surface area contributed by atoms with Crippen molar-refractivity contribution in [3.63, 3.8) is 0 Å². The van der Waals surface area contributed by atoms with Crippen molar-refractivity contribution in [2.45, 2.75) is 39.1 Å². The standard InChI is InChI=1S/C16H21F3N2O3/c1-10(2)8-13(15(23)20-3)21-14(22)9-11-4-6-12(7-5-11)24-16(17,18)19/h4-7,10,13H,8-9H2,1-3H3,(H,20,23)(H,21,22). The summed E-state index contributed by atoms with van der Waals surface area (Å²) >= 11 is 0. The van der Waals surface area contributed by atoms with Crippen LogP contribution in [0.15, 0.2) is 24.3 Å². The fourth-order valence-electron chi connectivity index (χ4n) is 2.12. The van der Waals surface area contributed by atoms with Gasteiger partial charge in [0, 0.05) is 7.05 Å². The minimum Gasteiger partial charge on any atom is -0.406 e. The Morgan fingerprint density at radius 1 is 1.17 bits per heavy atom. The van der Waals surface area contributed by atoms with Crippen molar-refractivity contribution in [3.05, 3.63) is 29.8 Å². The van der Waals surface area contributed by atoms with Gasteiger partial charge in [-0.05, 0) is 30.0 Å². The van der Waals surface area contributed by atoms with Crippen LogP contribution in [-0.4, -0.2) is 31.3 Å². The molecular formula is C16H21F3N2O3. The van der Waals surface area contributed by atoms with Crippen molar-refractivity contribution in [1.29, 1.82) is 0 Å². The third-order valence-corrected chi connectivity index (χ3v) is 3.13. The lowest BCUT2D eigenvalue weighted by Gasteiger charge is -2.19. The molecule has 2 N–H and O–H groups in total. The topological polar surface area (TPSA) is 67.4 Å². The van der Waals surface area contributed by atoms with Crippen molar-refractivity contribution in [1.82, 2.24) is 10.6 Å². The number of alkyl halides is 3. The van der Waals surface area contributed by atoms with Crippen LogP contribution >= 0.6 is 0 Å². The lowest BCUT2D eigenvalue weighted by molar-refractivity contribution is -0.274. The molecule has 8 heteroatoms. The average molecular weight is 346 g/mol. The molecule has 0 aromatic heterocycles. The lowest BCUT2D eigenvalue weighted by Crippen LogP contribution is -2.46. The van der Waals surface area contributed by atoms with E-state index in [4.69, 9.17) is 0 Å². The molecule has 0 heterocycles. The van der Waals surface area contributed by atoms with Gasteiger partial charge in [-0.2, -0.15) is 0 Å². The minimum atomic E-state index is -4.75. The number of benzene rings is 1. The van der Waals surface area contributed by atoms with Crippen LogP contribution < -0.4 is 15.4 Å². The number of hydrogen-bond acceptors (Lipinski definition) is 3. The summed E-state index contributed by atoms with van der Waals surface area (Å²) in [4.78, 5) is 23.8. The van der Waals surface area contributed by atoms with Gasteiger partial charge in [0.25, 0.3) is 0 Å². The number of ether oxygens (including phenoxy) is 1. The Hall–Kier alpha value is -2.25. The van der Waals surface area contributed by atoms with E-state index in [-0.39, 0.29) is 29.9 Å². The third kappa shape index (κ3) is 7.34. The Labute approximate surface area is 138 Å². The number of halogens is 3. The van der Waals surface area contributed by atoms with E-state index in [9.17, 15) is 22.8 Å². The minimum absolute atomic E-state index is 0.0438. The molecule has 1 atom stereocenters. The molecule has 0 saturated carbocycles. The maximum Gasteiger partial charge on any atom is 0.573 e. The van der Waals surface area contributed by atoms with Crippen LogP contribution in [0.25, 0.3) is 0 Å². The van der Waals surface area contributed by atoms with Crippen molar-refractivity contribution < 1.29 is 27.5 Å². The highest BCUT2D eigenvalue weighted by molar-refractivity contribution is 5.88. The van der Waals surface area contributed by atoms with Gasteiger partial charge in [0.1, 0.15) is 11.8 Å². The average Bonchev–Trinajstić information content (AvgIpc) is 2.45. The lowest BCUT2D eigenvalue weighted by atomic mass is 10.0. The molecular weight excluding hydrogens is 325 g/mol. The Morgan fingerprint density at radius 3 is 2.21 bits per heavy atom. The molecule has 1 aromatic carbocycles. The number of amides is 2. The summed E-state index contributed by atoms with van der Waals surface area (Å²) in [6.45, 7) is 3.86. The zero-order chi connectivity index (χ0) is 18.3. The zero-order valence-electron chi connectivity index (χ0n) is 13.7. The molecule has 1 aromatic rings. The molecule has 0 fully saturated rings. The van der Waals surface area contributed by atoms with Gasteiger partial charge in [0.2, 0.25) is 11.8 Å². The number of hydrogen-bond donors (Lipinski definition) is 2. The van der Waals surface area contributed by atoms with Crippen molar-refractivity contribution in [2.75, 3.05) is 7.05 Å². The third-order valence-electron chi connectivity index (χ3n) is 3.13. The van der Waals surface area contributed by atoms with Crippen molar-refractivity contribution in [2.24, 2.45) is 5.92 Å². The Bertz CT molecular complexity index is 557. The summed E-state index contributed by atoms with van der Waals surface area (Å²) in [6.07, 6.45) is -4.31. The molecule has 1 rings (SSSR count). The maximum atomic E-state index is 12.1. The predicted octanol–water partition coefficient (Wildman–Crippen LogP) is 2.40. The maximum absolute atomic E-state index is 12.1.